The van der Waals surface area contributed by atoms with E-state index in [1.54, 1.807) is 58.9 Å². The van der Waals surface area contributed by atoms with Gasteiger partial charge in [-0.15, -0.1) is 0 Å². The average Bonchev–Trinajstić information content (AvgIpc) is 3.74. The summed E-state index contributed by atoms with van der Waals surface area (Å²) in [6, 6.07) is 7.40. The molecule has 7 rings (SSSR count). The number of fused-ring (bicyclic) bond motifs is 2. The molecule has 0 amide bonds. The first-order valence-electron chi connectivity index (χ1n) is 12.9. The summed E-state index contributed by atoms with van der Waals surface area (Å²) in [6.45, 7) is 1.84. The Hall–Kier alpha value is -4.67. The molecule has 6 aromatic rings. The maximum Gasteiger partial charge on any atom is 0.328 e. The molecule has 1 aliphatic rings. The average molecular weight is 526 g/mol. The molecule has 0 N–H and O–H groups in total. The molecule has 0 saturated carbocycles. The van der Waals surface area contributed by atoms with Crippen LogP contribution in [-0.2, 0) is 28.2 Å². The van der Waals surface area contributed by atoms with Gasteiger partial charge < -0.3 is 9.47 Å². The number of rotatable bonds is 4. The second kappa shape index (κ2) is 8.42. The Morgan fingerprint density at radius 2 is 1.72 bits per heavy atom. The van der Waals surface area contributed by atoms with Crippen LogP contribution in [0.15, 0.2) is 54.0 Å². The van der Waals surface area contributed by atoms with E-state index < -0.39 is 0 Å². The minimum atomic E-state index is -0.360. The first-order chi connectivity index (χ1) is 18.8. The topological polar surface area (TPSA) is 83.6 Å². The van der Waals surface area contributed by atoms with Crippen molar-refractivity contribution in [2.24, 2.45) is 28.2 Å². The molecule has 4 aromatic heterocycles. The maximum absolute atomic E-state index is 15.7. The Labute approximate surface area is 223 Å². The number of hydrogen-bond donors (Lipinski definition) is 0. The van der Waals surface area contributed by atoms with E-state index in [0.29, 0.717) is 28.0 Å². The minimum absolute atomic E-state index is 0.0860. The molecule has 1 fully saturated rings. The lowest BCUT2D eigenvalue weighted by atomic mass is 10.1. The van der Waals surface area contributed by atoms with Crippen molar-refractivity contribution in [1.29, 1.82) is 0 Å². The predicted molar refractivity (Wildman–Crippen MR) is 149 cm³/mol. The van der Waals surface area contributed by atoms with Gasteiger partial charge in [-0.1, -0.05) is 0 Å². The smallest absolute Gasteiger partial charge is 0.328 e. The zero-order valence-corrected chi connectivity index (χ0v) is 22.3. The molecule has 10 nitrogen and oxygen atoms in total. The lowest BCUT2D eigenvalue weighted by Crippen LogP contribution is -2.21. The van der Waals surface area contributed by atoms with Crippen LogP contribution in [0.2, 0.25) is 0 Å². The Morgan fingerprint density at radius 1 is 0.923 bits per heavy atom. The molecule has 0 atom stereocenters. The molecule has 5 heterocycles. The highest BCUT2D eigenvalue weighted by atomic mass is 19.1. The van der Waals surface area contributed by atoms with Crippen LogP contribution in [-0.4, -0.2) is 51.1 Å². The molecule has 0 aliphatic carbocycles. The van der Waals surface area contributed by atoms with Gasteiger partial charge in [-0.05, 0) is 31.0 Å². The molecule has 2 aromatic carbocycles. The van der Waals surface area contributed by atoms with Gasteiger partial charge in [0, 0.05) is 64.7 Å². The van der Waals surface area contributed by atoms with E-state index in [9.17, 15) is 4.79 Å². The van der Waals surface area contributed by atoms with Gasteiger partial charge in [-0.3, -0.25) is 18.4 Å². The van der Waals surface area contributed by atoms with Gasteiger partial charge in [0.15, 0.2) is 5.82 Å². The van der Waals surface area contributed by atoms with Crippen molar-refractivity contribution in [2.75, 3.05) is 18.0 Å². The number of imidazole rings is 3. The molecule has 0 spiro atoms. The highest BCUT2D eigenvalue weighted by Gasteiger charge is 2.25. The van der Waals surface area contributed by atoms with Gasteiger partial charge in [-0.2, -0.15) is 5.10 Å². The summed E-state index contributed by atoms with van der Waals surface area (Å²) in [5.74, 6) is 0.279. The van der Waals surface area contributed by atoms with E-state index in [1.165, 1.54) is 6.07 Å². The van der Waals surface area contributed by atoms with Gasteiger partial charge in [-0.25, -0.2) is 19.2 Å². The number of nitrogens with zero attached hydrogens (tertiary/aromatic N) is 9. The van der Waals surface area contributed by atoms with Crippen LogP contribution in [0.5, 0.6) is 0 Å². The zero-order valence-electron chi connectivity index (χ0n) is 22.3. The Morgan fingerprint density at radius 3 is 2.41 bits per heavy atom. The third kappa shape index (κ3) is 3.45. The maximum atomic E-state index is 15.7. The van der Waals surface area contributed by atoms with Crippen LogP contribution >= 0.6 is 0 Å². The fraction of sp³-hybridized carbons (Fsp3) is 0.286. The second-order valence-electron chi connectivity index (χ2n) is 10.3. The minimum Gasteiger partial charge on any atom is -0.370 e. The molecule has 11 heteroatoms. The summed E-state index contributed by atoms with van der Waals surface area (Å²) < 4.78 is 24.6. The highest BCUT2D eigenvalue weighted by Crippen LogP contribution is 2.37. The fourth-order valence-electron chi connectivity index (χ4n) is 5.83. The Bertz CT molecular complexity index is 1960. The third-order valence-electron chi connectivity index (χ3n) is 7.83. The Balaban J connectivity index is 1.56. The van der Waals surface area contributed by atoms with E-state index in [1.807, 2.05) is 29.3 Å². The number of anilines is 1. The predicted octanol–water partition coefficient (Wildman–Crippen LogP) is 3.76. The number of aromatic nitrogens is 8. The number of aryl methyl sites for hydroxylation is 4. The van der Waals surface area contributed by atoms with E-state index in [-0.39, 0.29) is 11.5 Å². The van der Waals surface area contributed by atoms with E-state index in [0.717, 1.165) is 54.0 Å². The first kappa shape index (κ1) is 23.4. The molecule has 0 bridgehead atoms. The molecule has 198 valence electrons. The summed E-state index contributed by atoms with van der Waals surface area (Å²) in [7, 11) is 7.32. The van der Waals surface area contributed by atoms with Crippen molar-refractivity contribution >= 4 is 27.8 Å². The SMILES string of the molecule is Cn1cc(-c2cc3nc(-c4cncn4C)n(-c4cc(N5CCCC5)c5c(c4)n(C)c(=O)n5C)c3cc2F)cn1. The summed E-state index contributed by atoms with van der Waals surface area (Å²) in [5.41, 5.74) is 6.61. The van der Waals surface area contributed by atoms with Crippen molar-refractivity contribution in [3.05, 3.63) is 65.5 Å². The van der Waals surface area contributed by atoms with Gasteiger partial charge in [0.25, 0.3) is 0 Å². The second-order valence-corrected chi connectivity index (χ2v) is 10.3. The zero-order chi connectivity index (χ0) is 27.0. The van der Waals surface area contributed by atoms with E-state index in [4.69, 9.17) is 4.98 Å². The lowest BCUT2D eigenvalue weighted by Gasteiger charge is -2.21. The van der Waals surface area contributed by atoms with Gasteiger partial charge in [0.2, 0.25) is 0 Å². The molecular weight excluding hydrogens is 497 g/mol. The summed E-state index contributed by atoms with van der Waals surface area (Å²) in [6.07, 6.45) is 9.12. The molecule has 0 radical (unpaired) electrons. The van der Waals surface area contributed by atoms with Crippen LogP contribution in [0.3, 0.4) is 0 Å². The quantitative estimate of drug-likeness (QED) is 0.350. The van der Waals surface area contributed by atoms with Crippen molar-refractivity contribution in [3.63, 3.8) is 0 Å². The van der Waals surface area contributed by atoms with Crippen LogP contribution in [0.1, 0.15) is 12.8 Å². The van der Waals surface area contributed by atoms with Gasteiger partial charge in [0.1, 0.15) is 11.5 Å². The van der Waals surface area contributed by atoms with Crippen LogP contribution in [0.25, 0.3) is 50.4 Å². The normalized spacial score (nSPS) is 13.9. The number of benzene rings is 2. The van der Waals surface area contributed by atoms with Crippen LogP contribution in [0, 0.1) is 5.82 Å². The van der Waals surface area contributed by atoms with Crippen LogP contribution in [0.4, 0.5) is 10.1 Å². The molecule has 39 heavy (non-hydrogen) atoms. The van der Waals surface area contributed by atoms with E-state index in [2.05, 4.69) is 21.0 Å². The largest absolute Gasteiger partial charge is 0.370 e. The highest BCUT2D eigenvalue weighted by molar-refractivity contribution is 5.94. The van der Waals surface area contributed by atoms with Crippen molar-refractivity contribution < 1.29 is 4.39 Å². The number of hydrogen-bond acceptors (Lipinski definition) is 5. The molecule has 1 saturated heterocycles. The molecular formula is C28H28FN9O. The molecule has 1 aliphatic heterocycles. The number of halogens is 1. The van der Waals surface area contributed by atoms with Crippen molar-refractivity contribution in [2.45, 2.75) is 12.8 Å². The monoisotopic (exact) mass is 525 g/mol. The molecule has 0 unspecified atom stereocenters. The van der Waals surface area contributed by atoms with E-state index >= 15 is 4.39 Å². The Kier molecular flexibility index (Phi) is 5.06. The standard InChI is InChI=1S/C28H28FN9O/c1-33-16-30-14-25(33)27-32-21-11-19(17-13-31-34(2)15-17)20(29)12-22(21)38(27)18-9-23-26(36(4)28(39)35(23)3)24(10-18)37-7-5-6-8-37/h9-16H,5-8H2,1-4H3. The first-order valence-corrected chi connectivity index (χ1v) is 12.9. The summed E-state index contributed by atoms with van der Waals surface area (Å²) in [5, 5.41) is 4.21. The summed E-state index contributed by atoms with van der Waals surface area (Å²) >= 11 is 0. The van der Waals surface area contributed by atoms with Crippen molar-refractivity contribution in [3.8, 4) is 28.3 Å². The summed E-state index contributed by atoms with van der Waals surface area (Å²) in [4.78, 5) is 24.6. The van der Waals surface area contributed by atoms with Gasteiger partial charge in [0.05, 0.1) is 52.2 Å². The fourth-order valence-corrected chi connectivity index (χ4v) is 5.83. The van der Waals surface area contributed by atoms with Gasteiger partial charge >= 0.3 is 5.69 Å². The van der Waals surface area contributed by atoms with Crippen molar-refractivity contribution in [1.82, 2.24) is 38.0 Å². The third-order valence-corrected chi connectivity index (χ3v) is 7.83. The van der Waals surface area contributed by atoms with Crippen LogP contribution < -0.4 is 10.6 Å². The lowest BCUT2D eigenvalue weighted by molar-refractivity contribution is 0.632.